The van der Waals surface area contributed by atoms with Crippen LogP contribution in [0.2, 0.25) is 5.02 Å². The minimum absolute atomic E-state index is 0.0135. The first kappa shape index (κ1) is 11.9. The van der Waals surface area contributed by atoms with Gasteiger partial charge in [0.05, 0.1) is 10.6 Å². The van der Waals surface area contributed by atoms with Gasteiger partial charge in [-0.05, 0) is 25.5 Å². The summed E-state index contributed by atoms with van der Waals surface area (Å²) in [5.41, 5.74) is 0.885. The number of hydrogen-bond donors (Lipinski definition) is 0. The molecule has 0 bridgehead atoms. The van der Waals surface area contributed by atoms with Gasteiger partial charge in [0.2, 0.25) is 0 Å². The maximum absolute atomic E-state index is 13.3. The molecule has 0 aromatic heterocycles. The highest BCUT2D eigenvalue weighted by molar-refractivity contribution is 6.34. The topological polar surface area (TPSA) is 17.1 Å². The van der Waals surface area contributed by atoms with Crippen molar-refractivity contribution in [3.8, 4) is 0 Å². The molecule has 1 rings (SSSR count). The van der Waals surface area contributed by atoms with E-state index < -0.39 is 5.82 Å². The molecular formula is C12H12ClFO. The zero-order valence-electron chi connectivity index (χ0n) is 8.52. The van der Waals surface area contributed by atoms with E-state index in [9.17, 15) is 9.18 Å². The number of carbonyl (C=O) groups is 1. The molecule has 80 valence electrons. The summed E-state index contributed by atoms with van der Waals surface area (Å²) >= 11 is 5.76. The Bertz CT molecular complexity index is 378. The normalized spacial score (nSPS) is 10.1. The lowest BCUT2D eigenvalue weighted by Gasteiger charge is -2.04. The van der Waals surface area contributed by atoms with Crippen LogP contribution in [-0.4, -0.2) is 5.78 Å². The van der Waals surface area contributed by atoms with Crippen molar-refractivity contribution in [2.45, 2.75) is 19.8 Å². The van der Waals surface area contributed by atoms with E-state index in [4.69, 9.17) is 11.6 Å². The molecule has 0 heterocycles. The SMILES string of the molecule is C=C(C)CCC(=O)c1c(F)cccc1Cl. The van der Waals surface area contributed by atoms with Crippen LogP contribution < -0.4 is 0 Å². The first-order chi connectivity index (χ1) is 7.02. The van der Waals surface area contributed by atoms with Gasteiger partial charge in [-0.15, -0.1) is 6.58 Å². The van der Waals surface area contributed by atoms with Gasteiger partial charge in [-0.2, -0.15) is 0 Å². The zero-order valence-corrected chi connectivity index (χ0v) is 9.27. The number of ketones is 1. The molecule has 0 aliphatic heterocycles. The maximum Gasteiger partial charge on any atom is 0.167 e. The molecule has 1 nitrogen and oxygen atoms in total. The molecule has 0 aliphatic carbocycles. The summed E-state index contributed by atoms with van der Waals surface area (Å²) in [4.78, 5) is 11.6. The summed E-state index contributed by atoms with van der Waals surface area (Å²) < 4.78 is 13.3. The third-order valence-electron chi connectivity index (χ3n) is 2.02. The number of allylic oxidation sites excluding steroid dienone is 1. The van der Waals surface area contributed by atoms with Crippen LogP contribution in [0.25, 0.3) is 0 Å². The lowest BCUT2D eigenvalue weighted by Crippen LogP contribution is -2.03. The summed E-state index contributed by atoms with van der Waals surface area (Å²) in [5.74, 6) is -0.838. The van der Waals surface area contributed by atoms with Gasteiger partial charge in [0.25, 0.3) is 0 Å². The van der Waals surface area contributed by atoms with Gasteiger partial charge in [-0.3, -0.25) is 4.79 Å². The standard InChI is InChI=1S/C12H12ClFO/c1-8(2)6-7-11(15)12-9(13)4-3-5-10(12)14/h3-5H,1,6-7H2,2H3. The minimum Gasteiger partial charge on any atom is -0.294 e. The molecule has 0 spiro atoms. The van der Waals surface area contributed by atoms with Crippen molar-refractivity contribution >= 4 is 17.4 Å². The number of carbonyl (C=O) groups excluding carboxylic acids is 1. The van der Waals surface area contributed by atoms with Crippen molar-refractivity contribution in [1.29, 1.82) is 0 Å². The third kappa shape index (κ3) is 3.17. The predicted molar refractivity (Wildman–Crippen MR) is 59.8 cm³/mol. The molecule has 1 aromatic rings. The average Bonchev–Trinajstić information content (AvgIpc) is 2.14. The summed E-state index contributed by atoms with van der Waals surface area (Å²) in [7, 11) is 0. The molecule has 0 atom stereocenters. The predicted octanol–water partition coefficient (Wildman–Crippen LogP) is 4.02. The van der Waals surface area contributed by atoms with Gasteiger partial charge in [-0.1, -0.05) is 23.2 Å². The van der Waals surface area contributed by atoms with E-state index in [-0.39, 0.29) is 22.8 Å². The second-order valence-corrected chi connectivity index (χ2v) is 3.88. The van der Waals surface area contributed by atoms with Gasteiger partial charge < -0.3 is 0 Å². The van der Waals surface area contributed by atoms with Gasteiger partial charge in [0, 0.05) is 6.42 Å². The summed E-state index contributed by atoms with van der Waals surface area (Å²) in [5, 5.41) is 0.168. The second-order valence-electron chi connectivity index (χ2n) is 3.48. The van der Waals surface area contributed by atoms with Crippen LogP contribution in [0.4, 0.5) is 4.39 Å². The summed E-state index contributed by atoms with van der Waals surface area (Å²) in [6.07, 6.45) is 0.805. The van der Waals surface area contributed by atoms with Crippen molar-refractivity contribution < 1.29 is 9.18 Å². The largest absolute Gasteiger partial charge is 0.294 e. The van der Waals surface area contributed by atoms with Crippen molar-refractivity contribution in [2.24, 2.45) is 0 Å². The number of hydrogen-bond acceptors (Lipinski definition) is 1. The Morgan fingerprint density at radius 2 is 2.13 bits per heavy atom. The Morgan fingerprint density at radius 1 is 1.47 bits per heavy atom. The van der Waals surface area contributed by atoms with Crippen LogP contribution in [0.15, 0.2) is 30.4 Å². The van der Waals surface area contributed by atoms with Gasteiger partial charge >= 0.3 is 0 Å². The van der Waals surface area contributed by atoms with Crippen molar-refractivity contribution in [2.75, 3.05) is 0 Å². The fourth-order valence-electron chi connectivity index (χ4n) is 1.22. The van der Waals surface area contributed by atoms with E-state index in [0.29, 0.717) is 6.42 Å². The number of halogens is 2. The molecule has 0 fully saturated rings. The fourth-order valence-corrected chi connectivity index (χ4v) is 1.48. The zero-order chi connectivity index (χ0) is 11.4. The van der Waals surface area contributed by atoms with Crippen LogP contribution in [0.5, 0.6) is 0 Å². The first-order valence-electron chi connectivity index (χ1n) is 4.64. The lowest BCUT2D eigenvalue weighted by molar-refractivity contribution is 0.0979. The summed E-state index contributed by atoms with van der Waals surface area (Å²) in [6.45, 7) is 5.52. The molecule has 0 saturated heterocycles. The molecule has 0 radical (unpaired) electrons. The number of rotatable bonds is 4. The Balaban J connectivity index is 2.86. The van der Waals surface area contributed by atoms with Crippen LogP contribution in [0.1, 0.15) is 30.1 Å². The molecule has 3 heteroatoms. The Hall–Kier alpha value is -1.15. The molecule has 1 aromatic carbocycles. The van der Waals surface area contributed by atoms with E-state index in [0.717, 1.165) is 5.57 Å². The monoisotopic (exact) mass is 226 g/mol. The van der Waals surface area contributed by atoms with Crippen LogP contribution in [0, 0.1) is 5.82 Å². The van der Waals surface area contributed by atoms with Crippen molar-refractivity contribution in [3.05, 3.63) is 46.8 Å². The smallest absolute Gasteiger partial charge is 0.167 e. The van der Waals surface area contributed by atoms with E-state index in [1.807, 2.05) is 6.92 Å². The quantitative estimate of drug-likeness (QED) is 0.560. The van der Waals surface area contributed by atoms with E-state index in [1.165, 1.54) is 18.2 Å². The number of benzene rings is 1. The van der Waals surface area contributed by atoms with Crippen molar-refractivity contribution in [3.63, 3.8) is 0 Å². The summed E-state index contributed by atoms with van der Waals surface area (Å²) in [6, 6.07) is 4.23. The molecule has 0 saturated carbocycles. The van der Waals surface area contributed by atoms with E-state index >= 15 is 0 Å². The second kappa shape index (κ2) is 5.08. The van der Waals surface area contributed by atoms with Gasteiger partial charge in [-0.25, -0.2) is 4.39 Å². The fraction of sp³-hybridized carbons (Fsp3) is 0.250. The molecule has 0 amide bonds. The highest BCUT2D eigenvalue weighted by atomic mass is 35.5. The Kier molecular flexibility index (Phi) is 4.04. The molecule has 0 N–H and O–H groups in total. The van der Waals surface area contributed by atoms with Crippen LogP contribution in [-0.2, 0) is 0 Å². The van der Waals surface area contributed by atoms with E-state index in [2.05, 4.69) is 6.58 Å². The molecule has 15 heavy (non-hydrogen) atoms. The molecular weight excluding hydrogens is 215 g/mol. The van der Waals surface area contributed by atoms with Crippen LogP contribution >= 0.6 is 11.6 Å². The Morgan fingerprint density at radius 3 is 2.67 bits per heavy atom. The van der Waals surface area contributed by atoms with Gasteiger partial charge in [0.15, 0.2) is 5.78 Å². The van der Waals surface area contributed by atoms with Crippen molar-refractivity contribution in [1.82, 2.24) is 0 Å². The van der Waals surface area contributed by atoms with Gasteiger partial charge in [0.1, 0.15) is 5.82 Å². The Labute approximate surface area is 93.6 Å². The highest BCUT2D eigenvalue weighted by Crippen LogP contribution is 2.21. The van der Waals surface area contributed by atoms with E-state index in [1.54, 1.807) is 0 Å². The average molecular weight is 227 g/mol. The minimum atomic E-state index is -0.561. The maximum atomic E-state index is 13.3. The highest BCUT2D eigenvalue weighted by Gasteiger charge is 2.14. The van der Waals surface area contributed by atoms with Crippen LogP contribution in [0.3, 0.4) is 0 Å². The molecule has 0 unspecified atom stereocenters. The third-order valence-corrected chi connectivity index (χ3v) is 2.34. The number of Topliss-reactive ketones (excluding diaryl/α,β-unsaturated/α-hetero) is 1. The first-order valence-corrected chi connectivity index (χ1v) is 5.01. The lowest BCUT2D eigenvalue weighted by atomic mass is 10.0. The molecule has 0 aliphatic rings.